The van der Waals surface area contributed by atoms with Gasteiger partial charge in [0.15, 0.2) is 0 Å². The van der Waals surface area contributed by atoms with Crippen LogP contribution in [0.4, 0.5) is 0 Å². The van der Waals surface area contributed by atoms with Gasteiger partial charge in [-0.15, -0.1) is 0 Å². The molecule has 0 saturated heterocycles. The molecule has 2 aromatic carbocycles. The van der Waals surface area contributed by atoms with Crippen molar-refractivity contribution in [1.29, 1.82) is 0 Å². The topological polar surface area (TPSA) is 50.2 Å². The van der Waals surface area contributed by atoms with Gasteiger partial charge in [-0.05, 0) is 29.2 Å². The lowest BCUT2D eigenvalue weighted by molar-refractivity contribution is -0.122. The second-order valence-corrected chi connectivity index (χ2v) is 7.77. The second-order valence-electron chi connectivity index (χ2n) is 7.77. The Balaban J connectivity index is 1.35. The molecule has 1 aromatic heterocycles. The summed E-state index contributed by atoms with van der Waals surface area (Å²) in [5, 5.41) is 5.74. The Morgan fingerprint density at radius 3 is 2.89 bits per heavy atom. The van der Waals surface area contributed by atoms with Crippen LogP contribution in [-0.4, -0.2) is 33.4 Å². The number of imidazole rings is 1. The number of carbonyl (C=O) groups excluding carboxylic acids is 1. The first-order valence-corrected chi connectivity index (χ1v) is 9.75. The summed E-state index contributed by atoms with van der Waals surface area (Å²) in [6.45, 7) is 3.37. The number of fused-ring (bicyclic) bond motifs is 2. The van der Waals surface area contributed by atoms with E-state index in [1.165, 1.54) is 22.0 Å². The number of benzene rings is 2. The fraction of sp³-hybridized carbons (Fsp3) is 0.364. The van der Waals surface area contributed by atoms with E-state index in [1.807, 2.05) is 12.5 Å². The molecular formula is C22H24N4O. The van der Waals surface area contributed by atoms with Crippen LogP contribution >= 0.6 is 0 Å². The number of rotatable bonds is 5. The van der Waals surface area contributed by atoms with Crippen LogP contribution in [0, 0.1) is 5.92 Å². The van der Waals surface area contributed by atoms with E-state index in [2.05, 4.69) is 62.2 Å². The number of hydrogen-bond acceptors (Lipinski definition) is 3. The molecule has 5 heteroatoms. The smallest absolute Gasteiger partial charge is 0.223 e. The zero-order chi connectivity index (χ0) is 18.2. The lowest BCUT2D eigenvalue weighted by atomic mass is 10.0. The van der Waals surface area contributed by atoms with E-state index in [-0.39, 0.29) is 17.9 Å². The van der Waals surface area contributed by atoms with E-state index in [0.29, 0.717) is 6.54 Å². The summed E-state index contributed by atoms with van der Waals surface area (Å²) >= 11 is 0. The maximum atomic E-state index is 12.1. The Morgan fingerprint density at radius 2 is 2.00 bits per heavy atom. The minimum absolute atomic E-state index is 0.211. The van der Waals surface area contributed by atoms with Crippen molar-refractivity contribution in [3.05, 3.63) is 66.2 Å². The predicted octanol–water partition coefficient (Wildman–Crippen LogP) is 3.12. The van der Waals surface area contributed by atoms with Crippen molar-refractivity contribution in [2.24, 2.45) is 5.92 Å². The maximum absolute atomic E-state index is 12.1. The highest BCUT2D eigenvalue weighted by atomic mass is 16.2. The minimum Gasteiger partial charge on any atom is -0.354 e. The summed E-state index contributed by atoms with van der Waals surface area (Å²) < 4.78 is 2.23. The molecule has 1 saturated carbocycles. The molecule has 1 atom stereocenters. The van der Waals surface area contributed by atoms with E-state index in [9.17, 15) is 4.79 Å². The molecule has 27 heavy (non-hydrogen) atoms. The van der Waals surface area contributed by atoms with Crippen molar-refractivity contribution < 1.29 is 4.79 Å². The largest absolute Gasteiger partial charge is 0.354 e. The van der Waals surface area contributed by atoms with Crippen LogP contribution in [0.25, 0.3) is 10.8 Å². The summed E-state index contributed by atoms with van der Waals surface area (Å²) in [5.74, 6) is 0.463. The molecular weight excluding hydrogens is 336 g/mol. The molecule has 0 spiro atoms. The third kappa shape index (κ3) is 3.35. The van der Waals surface area contributed by atoms with Gasteiger partial charge in [0, 0.05) is 38.3 Å². The number of carbonyl (C=O) groups is 1. The van der Waals surface area contributed by atoms with Crippen LogP contribution in [0.2, 0.25) is 0 Å². The molecule has 0 radical (unpaired) electrons. The van der Waals surface area contributed by atoms with Crippen LogP contribution in [0.15, 0.2) is 55.0 Å². The first kappa shape index (κ1) is 16.5. The van der Waals surface area contributed by atoms with Crippen LogP contribution in [0.1, 0.15) is 30.1 Å². The molecule has 1 aliphatic heterocycles. The third-order valence-electron chi connectivity index (χ3n) is 5.73. The Kier molecular flexibility index (Phi) is 4.17. The highest BCUT2D eigenvalue weighted by molar-refractivity contribution is 5.85. The van der Waals surface area contributed by atoms with Crippen molar-refractivity contribution in [2.75, 3.05) is 13.1 Å². The van der Waals surface area contributed by atoms with Gasteiger partial charge in [0.05, 0.1) is 18.1 Å². The Morgan fingerprint density at radius 1 is 1.15 bits per heavy atom. The highest BCUT2D eigenvalue weighted by Gasteiger charge is 2.31. The van der Waals surface area contributed by atoms with E-state index in [4.69, 9.17) is 0 Å². The molecule has 2 heterocycles. The lowest BCUT2D eigenvalue weighted by Crippen LogP contribution is -2.42. The van der Waals surface area contributed by atoms with Crippen LogP contribution in [0.3, 0.4) is 0 Å². The standard InChI is InChI=1S/C22H24N4O/c27-22(17-8-9-17)24-11-20-14-25(13-19-10-23-15-26(19)20)12-18-6-3-5-16-4-1-2-7-21(16)18/h1-7,10,15,17,20H,8-9,11-14H2,(H,24,27). The summed E-state index contributed by atoms with van der Waals surface area (Å²) in [7, 11) is 0. The SMILES string of the molecule is O=C(NCC1CN(Cc2cccc3ccccc23)Cc2cncn21)C1CC1. The number of nitrogens with one attached hydrogen (secondary N) is 1. The van der Waals surface area contributed by atoms with Gasteiger partial charge in [0.25, 0.3) is 0 Å². The van der Waals surface area contributed by atoms with Crippen molar-refractivity contribution in [3.63, 3.8) is 0 Å². The van der Waals surface area contributed by atoms with E-state index < -0.39 is 0 Å². The summed E-state index contributed by atoms with van der Waals surface area (Å²) in [5.41, 5.74) is 2.56. The van der Waals surface area contributed by atoms with Gasteiger partial charge >= 0.3 is 0 Å². The summed E-state index contributed by atoms with van der Waals surface area (Å²) in [6.07, 6.45) is 5.93. The van der Waals surface area contributed by atoms with Crippen LogP contribution in [0.5, 0.6) is 0 Å². The Hall–Kier alpha value is -2.66. The molecule has 3 aromatic rings. The molecule has 2 aliphatic rings. The van der Waals surface area contributed by atoms with Gasteiger partial charge < -0.3 is 9.88 Å². The Bertz CT molecular complexity index is 970. The van der Waals surface area contributed by atoms with Gasteiger partial charge in [-0.1, -0.05) is 42.5 Å². The lowest BCUT2D eigenvalue weighted by Gasteiger charge is -2.34. The van der Waals surface area contributed by atoms with Gasteiger partial charge in [-0.25, -0.2) is 4.98 Å². The van der Waals surface area contributed by atoms with E-state index in [0.717, 1.165) is 32.5 Å². The monoisotopic (exact) mass is 360 g/mol. The van der Waals surface area contributed by atoms with Crippen molar-refractivity contribution in [1.82, 2.24) is 19.8 Å². The first-order chi connectivity index (χ1) is 13.3. The van der Waals surface area contributed by atoms with Gasteiger partial charge in [0.1, 0.15) is 0 Å². The van der Waals surface area contributed by atoms with E-state index >= 15 is 0 Å². The molecule has 0 bridgehead atoms. The fourth-order valence-corrected chi connectivity index (χ4v) is 4.13. The molecule has 5 rings (SSSR count). The van der Waals surface area contributed by atoms with Gasteiger partial charge in [-0.3, -0.25) is 9.69 Å². The minimum atomic E-state index is 0.211. The summed E-state index contributed by atoms with van der Waals surface area (Å²) in [6, 6.07) is 15.3. The van der Waals surface area contributed by atoms with Gasteiger partial charge in [-0.2, -0.15) is 0 Å². The molecule has 1 unspecified atom stereocenters. The quantitative estimate of drug-likeness (QED) is 0.761. The van der Waals surface area contributed by atoms with Gasteiger partial charge in [0.2, 0.25) is 5.91 Å². The second kappa shape index (κ2) is 6.82. The zero-order valence-electron chi connectivity index (χ0n) is 15.3. The van der Waals surface area contributed by atoms with Crippen molar-refractivity contribution in [2.45, 2.75) is 32.0 Å². The molecule has 1 amide bonds. The normalized spacial score (nSPS) is 19.8. The molecule has 5 nitrogen and oxygen atoms in total. The number of aromatic nitrogens is 2. The van der Waals surface area contributed by atoms with Crippen molar-refractivity contribution >= 4 is 16.7 Å². The average Bonchev–Trinajstić information content (AvgIpc) is 3.44. The first-order valence-electron chi connectivity index (χ1n) is 9.75. The Labute approximate surface area is 159 Å². The predicted molar refractivity (Wildman–Crippen MR) is 105 cm³/mol. The average molecular weight is 360 g/mol. The number of amides is 1. The molecule has 1 N–H and O–H groups in total. The van der Waals surface area contributed by atoms with E-state index in [1.54, 1.807) is 0 Å². The number of hydrogen-bond donors (Lipinski definition) is 1. The molecule has 1 aliphatic carbocycles. The summed E-state index contributed by atoms with van der Waals surface area (Å²) in [4.78, 5) is 18.9. The fourth-order valence-electron chi connectivity index (χ4n) is 4.13. The maximum Gasteiger partial charge on any atom is 0.223 e. The molecule has 138 valence electrons. The van der Waals surface area contributed by atoms with Crippen LogP contribution in [-0.2, 0) is 17.9 Å². The zero-order valence-corrected chi connectivity index (χ0v) is 15.3. The third-order valence-corrected chi connectivity index (χ3v) is 5.73. The molecule has 1 fully saturated rings. The number of nitrogens with zero attached hydrogens (tertiary/aromatic N) is 3. The van der Waals surface area contributed by atoms with Crippen LogP contribution < -0.4 is 5.32 Å². The highest BCUT2D eigenvalue weighted by Crippen LogP contribution is 2.29. The van der Waals surface area contributed by atoms with Crippen molar-refractivity contribution in [3.8, 4) is 0 Å².